The Hall–Kier alpha value is -3.59. The molecule has 0 radical (unpaired) electrons. The van der Waals surface area contributed by atoms with Gasteiger partial charge in [-0.25, -0.2) is 0 Å². The minimum absolute atomic E-state index is 0.190. The predicted molar refractivity (Wildman–Crippen MR) is 133 cm³/mol. The van der Waals surface area contributed by atoms with Gasteiger partial charge in [0.1, 0.15) is 18.4 Å². The molecule has 3 aromatic rings. The fraction of sp³-hybridized carbons (Fsp3) is 0.385. The van der Waals surface area contributed by atoms with E-state index in [4.69, 9.17) is 25.8 Å². The third-order valence-electron chi connectivity index (χ3n) is 6.25. The number of fused-ring (bicyclic) bond motifs is 1. The largest absolute Gasteiger partial charge is 0.493 e. The van der Waals surface area contributed by atoms with Gasteiger partial charge in [-0.15, -0.1) is 5.10 Å². The minimum atomic E-state index is -0.288. The number of esters is 1. The van der Waals surface area contributed by atoms with E-state index in [1.807, 2.05) is 13.8 Å². The van der Waals surface area contributed by atoms with Gasteiger partial charge < -0.3 is 19.1 Å². The lowest BCUT2D eigenvalue weighted by Crippen LogP contribution is -2.29. The topological polar surface area (TPSA) is 95.8 Å². The molecule has 1 unspecified atom stereocenters. The summed E-state index contributed by atoms with van der Waals surface area (Å²) in [7, 11) is 1.54. The van der Waals surface area contributed by atoms with Crippen LogP contribution in [0.5, 0.6) is 11.5 Å². The standard InChI is InChI=1S/C26H27ClN4O5/c1-15(2)26(33)36-23(16-4-5-16)14-35-21-11-10-19(12-22(21)34-3)30-13-20-24(25(30)32)29-31(28-20)18-8-6-17(27)7-9-18/h6-12,15-16,23H,4-5,13-14H2,1-3H3. The number of methoxy groups -OCH3 is 1. The third kappa shape index (κ3) is 4.88. The van der Waals surface area contributed by atoms with Crippen LogP contribution in [0.2, 0.25) is 5.02 Å². The van der Waals surface area contributed by atoms with E-state index in [9.17, 15) is 9.59 Å². The van der Waals surface area contributed by atoms with Crippen molar-refractivity contribution in [1.29, 1.82) is 0 Å². The van der Waals surface area contributed by atoms with Gasteiger partial charge in [0.05, 0.1) is 25.3 Å². The molecular formula is C26H27ClN4O5. The average Bonchev–Trinajstić information content (AvgIpc) is 3.56. The molecule has 9 nitrogen and oxygen atoms in total. The maximum absolute atomic E-state index is 13.1. The summed E-state index contributed by atoms with van der Waals surface area (Å²) in [5, 5.41) is 9.49. The van der Waals surface area contributed by atoms with Crippen LogP contribution in [0.15, 0.2) is 42.5 Å². The van der Waals surface area contributed by atoms with Crippen molar-refractivity contribution in [2.45, 2.75) is 39.3 Å². The highest BCUT2D eigenvalue weighted by molar-refractivity contribution is 6.30. The maximum Gasteiger partial charge on any atom is 0.308 e. The average molecular weight is 511 g/mol. The number of amides is 1. The monoisotopic (exact) mass is 510 g/mol. The number of hydrogen-bond donors (Lipinski definition) is 0. The second-order valence-electron chi connectivity index (χ2n) is 9.27. The number of halogens is 1. The SMILES string of the molecule is COc1cc(N2Cc3nn(-c4ccc(Cl)cc4)nc3C2=O)ccc1OCC(OC(=O)C(C)C)C1CC1. The number of carbonyl (C=O) groups excluding carboxylic acids is 2. The second-order valence-corrected chi connectivity index (χ2v) is 9.70. The van der Waals surface area contributed by atoms with Crippen LogP contribution in [0.25, 0.3) is 5.69 Å². The highest BCUT2D eigenvalue weighted by atomic mass is 35.5. The zero-order valence-corrected chi connectivity index (χ0v) is 21.1. The van der Waals surface area contributed by atoms with Crippen LogP contribution in [0.3, 0.4) is 0 Å². The normalized spacial score (nSPS) is 15.7. The lowest BCUT2D eigenvalue weighted by atomic mass is 10.2. The molecule has 2 aliphatic rings. The number of anilines is 1. The summed E-state index contributed by atoms with van der Waals surface area (Å²) in [6.45, 7) is 4.17. The number of hydrogen-bond acceptors (Lipinski definition) is 7. The number of ether oxygens (including phenoxy) is 3. The zero-order chi connectivity index (χ0) is 25.4. The van der Waals surface area contributed by atoms with Crippen LogP contribution in [-0.2, 0) is 16.1 Å². The number of carbonyl (C=O) groups is 2. The first-order chi connectivity index (χ1) is 17.3. The van der Waals surface area contributed by atoms with Gasteiger partial charge >= 0.3 is 5.97 Å². The maximum atomic E-state index is 13.1. The van der Waals surface area contributed by atoms with Crippen molar-refractivity contribution < 1.29 is 23.8 Å². The fourth-order valence-electron chi connectivity index (χ4n) is 3.99. The number of nitrogens with zero attached hydrogens (tertiary/aromatic N) is 4. The van der Waals surface area contributed by atoms with Crippen molar-refractivity contribution in [2.24, 2.45) is 11.8 Å². The van der Waals surface area contributed by atoms with E-state index >= 15 is 0 Å². The van der Waals surface area contributed by atoms with Gasteiger partial charge in [-0.3, -0.25) is 9.59 Å². The summed E-state index contributed by atoms with van der Waals surface area (Å²) >= 11 is 5.95. The number of aromatic nitrogens is 3. The van der Waals surface area contributed by atoms with Crippen molar-refractivity contribution in [3.05, 3.63) is 58.9 Å². The molecule has 0 N–H and O–H groups in total. The Balaban J connectivity index is 1.28. The van der Waals surface area contributed by atoms with Crippen LogP contribution in [-0.4, -0.2) is 46.7 Å². The van der Waals surface area contributed by atoms with E-state index in [1.54, 1.807) is 54.5 Å². The highest BCUT2D eigenvalue weighted by Gasteiger charge is 2.36. The quantitative estimate of drug-likeness (QED) is 0.392. The van der Waals surface area contributed by atoms with E-state index < -0.39 is 0 Å². The van der Waals surface area contributed by atoms with Crippen molar-refractivity contribution in [3.8, 4) is 17.2 Å². The van der Waals surface area contributed by atoms with Gasteiger partial charge in [0.2, 0.25) is 0 Å². The number of benzene rings is 2. The van der Waals surface area contributed by atoms with Gasteiger partial charge in [0.25, 0.3) is 5.91 Å². The van der Waals surface area contributed by atoms with Crippen LogP contribution in [0.1, 0.15) is 42.9 Å². The molecule has 2 aromatic carbocycles. The molecule has 1 aliphatic heterocycles. The van der Waals surface area contributed by atoms with Gasteiger partial charge in [-0.05, 0) is 55.2 Å². The molecule has 36 heavy (non-hydrogen) atoms. The third-order valence-corrected chi connectivity index (χ3v) is 6.50. The van der Waals surface area contributed by atoms with Crippen molar-refractivity contribution in [1.82, 2.24) is 15.0 Å². The van der Waals surface area contributed by atoms with E-state index in [-0.39, 0.29) is 30.5 Å². The first kappa shape index (κ1) is 24.1. The van der Waals surface area contributed by atoms with E-state index in [0.717, 1.165) is 18.5 Å². The molecule has 1 atom stereocenters. The lowest BCUT2D eigenvalue weighted by Gasteiger charge is -2.21. The molecule has 0 bridgehead atoms. The minimum Gasteiger partial charge on any atom is -0.493 e. The molecular weight excluding hydrogens is 484 g/mol. The van der Waals surface area contributed by atoms with Gasteiger partial charge in [-0.1, -0.05) is 25.4 Å². The van der Waals surface area contributed by atoms with E-state index in [0.29, 0.717) is 46.1 Å². The Morgan fingerprint density at radius 2 is 1.81 bits per heavy atom. The summed E-state index contributed by atoms with van der Waals surface area (Å²) < 4.78 is 17.2. The molecule has 10 heteroatoms. The van der Waals surface area contributed by atoms with Crippen molar-refractivity contribution >= 4 is 29.2 Å². The summed E-state index contributed by atoms with van der Waals surface area (Å²) in [6.07, 6.45) is 1.76. The smallest absolute Gasteiger partial charge is 0.308 e. The van der Waals surface area contributed by atoms with Crippen LogP contribution >= 0.6 is 11.6 Å². The van der Waals surface area contributed by atoms with Gasteiger partial charge in [0, 0.05) is 16.8 Å². The Bertz CT molecular complexity index is 1290. The Morgan fingerprint density at radius 3 is 2.44 bits per heavy atom. The molecule has 1 amide bonds. The van der Waals surface area contributed by atoms with Crippen molar-refractivity contribution in [3.63, 3.8) is 0 Å². The molecule has 0 spiro atoms. The van der Waals surface area contributed by atoms with Crippen LogP contribution < -0.4 is 14.4 Å². The molecule has 5 rings (SSSR count). The lowest BCUT2D eigenvalue weighted by molar-refractivity contribution is -0.155. The summed E-state index contributed by atoms with van der Waals surface area (Å²) in [5.41, 5.74) is 2.27. The molecule has 1 aliphatic carbocycles. The zero-order valence-electron chi connectivity index (χ0n) is 20.3. The second kappa shape index (κ2) is 9.81. The highest BCUT2D eigenvalue weighted by Crippen LogP contribution is 2.38. The molecule has 2 heterocycles. The van der Waals surface area contributed by atoms with E-state index in [2.05, 4.69) is 10.2 Å². The van der Waals surface area contributed by atoms with Crippen molar-refractivity contribution in [2.75, 3.05) is 18.6 Å². The van der Waals surface area contributed by atoms with E-state index in [1.165, 1.54) is 4.80 Å². The summed E-state index contributed by atoms with van der Waals surface area (Å²) in [5.74, 6) is 0.669. The molecule has 1 aromatic heterocycles. The van der Waals surface area contributed by atoms with Gasteiger partial charge in [-0.2, -0.15) is 9.90 Å². The first-order valence-electron chi connectivity index (χ1n) is 11.9. The first-order valence-corrected chi connectivity index (χ1v) is 12.3. The fourth-order valence-corrected chi connectivity index (χ4v) is 4.12. The molecule has 188 valence electrons. The molecule has 1 fully saturated rings. The van der Waals surface area contributed by atoms with Crippen LogP contribution in [0, 0.1) is 11.8 Å². The Kier molecular flexibility index (Phi) is 6.57. The van der Waals surface area contributed by atoms with Crippen LogP contribution in [0.4, 0.5) is 5.69 Å². The predicted octanol–water partition coefficient (Wildman–Crippen LogP) is 4.45. The summed E-state index contributed by atoms with van der Waals surface area (Å²) in [4.78, 5) is 28.2. The Labute approximate surface area is 213 Å². The van der Waals surface area contributed by atoms with Gasteiger partial charge in [0.15, 0.2) is 17.2 Å². The molecule has 0 saturated heterocycles. The Morgan fingerprint density at radius 1 is 1.08 bits per heavy atom. The number of rotatable bonds is 9. The molecule has 1 saturated carbocycles. The summed E-state index contributed by atoms with van der Waals surface area (Å²) in [6, 6.07) is 12.4.